The first-order valence-electron chi connectivity index (χ1n) is 5.63. The Morgan fingerprint density at radius 3 is 2.76 bits per heavy atom. The molecule has 3 nitrogen and oxygen atoms in total. The molecule has 1 N–H and O–H groups in total. The molecule has 1 amide bonds. The number of benzene rings is 1. The van der Waals surface area contributed by atoms with Crippen molar-refractivity contribution < 1.29 is 9.21 Å². The van der Waals surface area contributed by atoms with Crippen LogP contribution in [0.3, 0.4) is 0 Å². The van der Waals surface area contributed by atoms with E-state index in [1.165, 1.54) is 0 Å². The molecule has 1 aromatic carbocycles. The van der Waals surface area contributed by atoms with E-state index < -0.39 is 0 Å². The van der Waals surface area contributed by atoms with E-state index in [4.69, 9.17) is 4.42 Å². The second kappa shape index (κ2) is 5.34. The Morgan fingerprint density at radius 1 is 1.24 bits per heavy atom. The highest BCUT2D eigenvalue weighted by Crippen LogP contribution is 2.13. The van der Waals surface area contributed by atoms with Gasteiger partial charge in [0, 0.05) is 18.5 Å². The van der Waals surface area contributed by atoms with Crippen LogP contribution in [0.1, 0.15) is 17.7 Å². The molecule has 88 valence electrons. The first kappa shape index (κ1) is 11.5. The maximum atomic E-state index is 11.7. The van der Waals surface area contributed by atoms with E-state index in [1.807, 2.05) is 43.3 Å². The van der Waals surface area contributed by atoms with Crippen LogP contribution in [-0.2, 0) is 11.2 Å². The number of anilines is 1. The van der Waals surface area contributed by atoms with E-state index in [9.17, 15) is 4.79 Å². The minimum atomic E-state index is 0.00991. The highest BCUT2D eigenvalue weighted by atomic mass is 16.3. The molecule has 0 radical (unpaired) electrons. The number of aryl methyl sites for hydroxylation is 2. The van der Waals surface area contributed by atoms with Gasteiger partial charge in [-0.25, -0.2) is 0 Å². The van der Waals surface area contributed by atoms with Gasteiger partial charge in [0.1, 0.15) is 5.76 Å². The molecular formula is C14H15NO2. The summed E-state index contributed by atoms with van der Waals surface area (Å²) in [6.45, 7) is 1.97. The summed E-state index contributed by atoms with van der Waals surface area (Å²) in [7, 11) is 0. The Hall–Kier alpha value is -2.03. The van der Waals surface area contributed by atoms with E-state index >= 15 is 0 Å². The van der Waals surface area contributed by atoms with Crippen molar-refractivity contribution in [3.05, 3.63) is 54.0 Å². The van der Waals surface area contributed by atoms with E-state index in [-0.39, 0.29) is 5.91 Å². The third kappa shape index (κ3) is 3.21. The molecule has 0 aliphatic heterocycles. The Morgan fingerprint density at radius 2 is 2.06 bits per heavy atom. The molecule has 0 spiro atoms. The van der Waals surface area contributed by atoms with Crippen molar-refractivity contribution in [3.63, 3.8) is 0 Å². The number of amides is 1. The number of para-hydroxylation sites is 1. The molecule has 0 fully saturated rings. The van der Waals surface area contributed by atoms with Crippen LogP contribution in [0.15, 0.2) is 47.1 Å². The molecule has 0 saturated heterocycles. The molecular weight excluding hydrogens is 214 g/mol. The first-order valence-corrected chi connectivity index (χ1v) is 5.63. The monoisotopic (exact) mass is 229 g/mol. The summed E-state index contributed by atoms with van der Waals surface area (Å²) < 4.78 is 5.18. The predicted octanol–water partition coefficient (Wildman–Crippen LogP) is 3.16. The summed E-state index contributed by atoms with van der Waals surface area (Å²) in [6.07, 6.45) is 2.68. The van der Waals surface area contributed by atoms with Crippen molar-refractivity contribution in [2.24, 2.45) is 0 Å². The number of carbonyl (C=O) groups excluding carboxylic acids is 1. The average Bonchev–Trinajstić information content (AvgIpc) is 2.82. The number of hydrogen-bond donors (Lipinski definition) is 1. The van der Waals surface area contributed by atoms with E-state index in [0.717, 1.165) is 17.0 Å². The van der Waals surface area contributed by atoms with Crippen molar-refractivity contribution in [3.8, 4) is 0 Å². The lowest BCUT2D eigenvalue weighted by atomic mass is 10.2. The third-order valence-corrected chi connectivity index (χ3v) is 2.60. The summed E-state index contributed by atoms with van der Waals surface area (Å²) >= 11 is 0. The Labute approximate surface area is 100 Å². The SMILES string of the molecule is Cc1ccccc1NC(=O)CCc1ccco1. The van der Waals surface area contributed by atoms with Crippen molar-refractivity contribution in [2.45, 2.75) is 19.8 Å². The summed E-state index contributed by atoms with van der Waals surface area (Å²) in [4.78, 5) is 11.7. The number of furan rings is 1. The molecule has 3 heteroatoms. The second-order valence-corrected chi connectivity index (χ2v) is 3.94. The maximum absolute atomic E-state index is 11.7. The molecule has 1 heterocycles. The van der Waals surface area contributed by atoms with Crippen molar-refractivity contribution >= 4 is 11.6 Å². The highest BCUT2D eigenvalue weighted by Gasteiger charge is 2.05. The van der Waals surface area contributed by atoms with Crippen LogP contribution in [0, 0.1) is 6.92 Å². The van der Waals surface area contributed by atoms with E-state index in [1.54, 1.807) is 6.26 Å². The van der Waals surface area contributed by atoms with Crippen LogP contribution < -0.4 is 5.32 Å². The van der Waals surface area contributed by atoms with Gasteiger partial charge in [-0.05, 0) is 30.7 Å². The van der Waals surface area contributed by atoms with Gasteiger partial charge in [-0.15, -0.1) is 0 Å². The Kier molecular flexibility index (Phi) is 3.60. The molecule has 0 bridgehead atoms. The quantitative estimate of drug-likeness (QED) is 0.875. The van der Waals surface area contributed by atoms with Gasteiger partial charge in [0.05, 0.1) is 6.26 Å². The van der Waals surface area contributed by atoms with E-state index in [0.29, 0.717) is 12.8 Å². The maximum Gasteiger partial charge on any atom is 0.224 e. The van der Waals surface area contributed by atoms with Crippen LogP contribution in [0.25, 0.3) is 0 Å². The fraction of sp³-hybridized carbons (Fsp3) is 0.214. The third-order valence-electron chi connectivity index (χ3n) is 2.60. The molecule has 2 aromatic rings. The largest absolute Gasteiger partial charge is 0.469 e. The van der Waals surface area contributed by atoms with Crippen LogP contribution >= 0.6 is 0 Å². The lowest BCUT2D eigenvalue weighted by molar-refractivity contribution is -0.116. The molecule has 0 aliphatic carbocycles. The molecule has 0 unspecified atom stereocenters. The Bertz CT molecular complexity index is 489. The number of rotatable bonds is 4. The fourth-order valence-electron chi connectivity index (χ4n) is 1.62. The van der Waals surface area contributed by atoms with Crippen LogP contribution in [0.5, 0.6) is 0 Å². The zero-order chi connectivity index (χ0) is 12.1. The standard InChI is InChI=1S/C14H15NO2/c1-11-5-2-3-7-13(11)15-14(16)9-8-12-6-4-10-17-12/h2-7,10H,8-9H2,1H3,(H,15,16). The predicted molar refractivity (Wildman–Crippen MR) is 66.8 cm³/mol. The van der Waals surface area contributed by atoms with Crippen molar-refractivity contribution in [1.82, 2.24) is 0 Å². The molecule has 1 aromatic heterocycles. The van der Waals surface area contributed by atoms with Gasteiger partial charge >= 0.3 is 0 Å². The summed E-state index contributed by atoms with van der Waals surface area (Å²) in [6, 6.07) is 11.4. The molecule has 2 rings (SSSR count). The molecule has 0 atom stereocenters. The topological polar surface area (TPSA) is 42.2 Å². The zero-order valence-electron chi connectivity index (χ0n) is 9.77. The number of nitrogens with one attached hydrogen (secondary N) is 1. The van der Waals surface area contributed by atoms with Crippen molar-refractivity contribution in [2.75, 3.05) is 5.32 Å². The van der Waals surface area contributed by atoms with E-state index in [2.05, 4.69) is 5.32 Å². The minimum Gasteiger partial charge on any atom is -0.469 e. The van der Waals surface area contributed by atoms with Gasteiger partial charge in [0.2, 0.25) is 5.91 Å². The first-order chi connectivity index (χ1) is 8.25. The van der Waals surface area contributed by atoms with Crippen LogP contribution in [0.4, 0.5) is 5.69 Å². The number of hydrogen-bond acceptors (Lipinski definition) is 2. The summed E-state index contributed by atoms with van der Waals surface area (Å²) in [5.41, 5.74) is 1.94. The highest BCUT2D eigenvalue weighted by molar-refractivity contribution is 5.91. The van der Waals surface area contributed by atoms with Gasteiger partial charge in [-0.3, -0.25) is 4.79 Å². The summed E-state index contributed by atoms with van der Waals surface area (Å²) in [5.74, 6) is 0.848. The lowest BCUT2D eigenvalue weighted by Crippen LogP contribution is -2.12. The minimum absolute atomic E-state index is 0.00991. The second-order valence-electron chi connectivity index (χ2n) is 3.94. The molecule has 0 saturated carbocycles. The zero-order valence-corrected chi connectivity index (χ0v) is 9.77. The fourth-order valence-corrected chi connectivity index (χ4v) is 1.62. The van der Waals surface area contributed by atoms with Gasteiger partial charge in [-0.2, -0.15) is 0 Å². The number of carbonyl (C=O) groups is 1. The molecule has 0 aliphatic rings. The lowest BCUT2D eigenvalue weighted by Gasteiger charge is -2.07. The van der Waals surface area contributed by atoms with Gasteiger partial charge in [0.25, 0.3) is 0 Å². The van der Waals surface area contributed by atoms with Gasteiger partial charge < -0.3 is 9.73 Å². The smallest absolute Gasteiger partial charge is 0.224 e. The van der Waals surface area contributed by atoms with Gasteiger partial charge in [-0.1, -0.05) is 18.2 Å². The van der Waals surface area contributed by atoms with Crippen molar-refractivity contribution in [1.29, 1.82) is 0 Å². The normalized spacial score (nSPS) is 10.2. The molecule has 17 heavy (non-hydrogen) atoms. The Balaban J connectivity index is 1.87. The summed E-state index contributed by atoms with van der Waals surface area (Å²) in [5, 5.41) is 2.89. The van der Waals surface area contributed by atoms with Crippen LogP contribution in [0.2, 0.25) is 0 Å². The average molecular weight is 229 g/mol. The van der Waals surface area contributed by atoms with Crippen LogP contribution in [-0.4, -0.2) is 5.91 Å². The van der Waals surface area contributed by atoms with Gasteiger partial charge in [0.15, 0.2) is 0 Å².